The van der Waals surface area contributed by atoms with Gasteiger partial charge in [-0.15, -0.1) is 0 Å². The van der Waals surface area contributed by atoms with E-state index >= 15 is 0 Å². The second-order valence-corrected chi connectivity index (χ2v) is 6.07. The van der Waals surface area contributed by atoms with Crippen LogP contribution in [0.5, 0.6) is 0 Å². The fraction of sp³-hybridized carbons (Fsp3) is 0.643. The van der Waals surface area contributed by atoms with E-state index in [-0.39, 0.29) is 37.5 Å². The first-order valence-electron chi connectivity index (χ1n) is 8.12. The largest absolute Gasteiger partial charge is 0.480 e. The number of carboxylic acids is 1. The maximum atomic E-state index is 12.4. The van der Waals surface area contributed by atoms with E-state index in [1.807, 2.05) is 0 Å². The maximum Gasteiger partial charge on any atom is 0.326 e. The normalized spacial score (nSPS) is 13.7. The number of carboxylic acid groups (broad SMARTS) is 1. The van der Waals surface area contributed by atoms with E-state index in [0.29, 0.717) is 6.42 Å². The van der Waals surface area contributed by atoms with Crippen molar-refractivity contribution in [3.8, 4) is 0 Å². The van der Waals surface area contributed by atoms with Crippen LogP contribution in [0.25, 0.3) is 0 Å². The third kappa shape index (κ3) is 10.9. The number of hydrogen-bond donors (Lipinski definition) is 8. The molecule has 11 N–H and O–H groups in total. The minimum atomic E-state index is -1.26. The molecule has 12 nitrogen and oxygen atoms in total. The molecule has 0 unspecified atom stereocenters. The second kappa shape index (κ2) is 12.8. The van der Waals surface area contributed by atoms with E-state index in [9.17, 15) is 24.3 Å². The highest BCUT2D eigenvalue weighted by atomic mass is 32.1. The van der Waals surface area contributed by atoms with Gasteiger partial charge in [-0.25, -0.2) is 4.79 Å². The number of carbonyl (C=O) groups excluding carboxylic acids is 3. The summed E-state index contributed by atoms with van der Waals surface area (Å²) in [6.07, 6.45) is 0.0751. The highest BCUT2D eigenvalue weighted by Crippen LogP contribution is 2.03. The molecule has 154 valence electrons. The number of rotatable bonds is 13. The lowest BCUT2D eigenvalue weighted by atomic mass is 10.1. The minimum Gasteiger partial charge on any atom is -0.480 e. The van der Waals surface area contributed by atoms with E-state index in [1.54, 1.807) is 0 Å². The summed E-state index contributed by atoms with van der Waals surface area (Å²) in [5, 5.41) is 13.9. The monoisotopic (exact) mass is 405 g/mol. The van der Waals surface area contributed by atoms with Gasteiger partial charge in [-0.05, 0) is 19.3 Å². The molecular weight excluding hydrogens is 378 g/mol. The van der Waals surface area contributed by atoms with E-state index < -0.39 is 41.8 Å². The number of thiol groups is 1. The van der Waals surface area contributed by atoms with E-state index in [2.05, 4.69) is 28.3 Å². The Labute approximate surface area is 161 Å². The Morgan fingerprint density at radius 3 is 2.07 bits per heavy atom. The Hall–Kier alpha value is -2.54. The molecule has 13 heteroatoms. The van der Waals surface area contributed by atoms with Crippen LogP contribution in [0.4, 0.5) is 0 Å². The minimum absolute atomic E-state index is 0.0402. The fourth-order valence-corrected chi connectivity index (χ4v) is 2.12. The molecule has 0 radical (unpaired) electrons. The van der Waals surface area contributed by atoms with Gasteiger partial charge in [0, 0.05) is 18.7 Å². The summed E-state index contributed by atoms with van der Waals surface area (Å²) in [5.41, 5.74) is 21.0. The molecule has 0 bridgehead atoms. The Morgan fingerprint density at radius 2 is 1.59 bits per heavy atom. The summed E-state index contributed by atoms with van der Waals surface area (Å²) in [6.45, 7) is 0.195. The van der Waals surface area contributed by atoms with E-state index in [0.717, 1.165) is 0 Å². The molecule has 0 aliphatic rings. The number of nitrogens with one attached hydrogen (secondary N) is 2. The number of guanidine groups is 1. The van der Waals surface area contributed by atoms with Gasteiger partial charge in [0.05, 0.1) is 6.04 Å². The highest BCUT2D eigenvalue weighted by Gasteiger charge is 2.27. The van der Waals surface area contributed by atoms with Crippen molar-refractivity contribution in [2.45, 2.75) is 43.8 Å². The summed E-state index contributed by atoms with van der Waals surface area (Å²) < 4.78 is 0. The standard InChI is InChI=1S/C14H27N7O5S/c15-7(6-27)11(23)20-8(3-4-10(16)22)12(24)21-9(13(25)26)2-1-5-19-14(17)18/h7-9,27H,1-6,15H2,(H2,16,22)(H,20,23)(H,21,24)(H,25,26)(H4,17,18,19)/t7-,8-,9-/m0/s1. The zero-order valence-electron chi connectivity index (χ0n) is 14.8. The number of hydrogen-bond acceptors (Lipinski definition) is 7. The van der Waals surface area contributed by atoms with Crippen LogP contribution < -0.4 is 33.6 Å². The topological polar surface area (TPSA) is 229 Å². The highest BCUT2D eigenvalue weighted by molar-refractivity contribution is 7.80. The Morgan fingerprint density at radius 1 is 1.00 bits per heavy atom. The molecule has 0 heterocycles. The van der Waals surface area contributed by atoms with E-state index in [4.69, 9.17) is 22.9 Å². The summed E-state index contributed by atoms with van der Waals surface area (Å²) in [7, 11) is 0. The first kappa shape index (κ1) is 24.5. The molecule has 0 rings (SSSR count). The molecule has 0 spiro atoms. The molecular formula is C14H27N7O5S. The van der Waals surface area contributed by atoms with Crippen LogP contribution in [0.3, 0.4) is 0 Å². The number of carbonyl (C=O) groups is 4. The van der Waals surface area contributed by atoms with Crippen molar-refractivity contribution < 1.29 is 24.3 Å². The lowest BCUT2D eigenvalue weighted by molar-refractivity contribution is -0.142. The average molecular weight is 405 g/mol. The SMILES string of the molecule is NC(=O)CC[C@H](NC(=O)[C@@H](N)CS)C(=O)N[C@@H](CCCN=C(N)N)C(=O)O. The van der Waals surface area contributed by atoms with Crippen molar-refractivity contribution in [1.82, 2.24) is 10.6 Å². The van der Waals surface area contributed by atoms with E-state index in [1.165, 1.54) is 0 Å². The summed E-state index contributed by atoms with van der Waals surface area (Å²) in [5.74, 6) is -3.45. The zero-order chi connectivity index (χ0) is 21.0. The number of nitrogens with zero attached hydrogens (tertiary/aromatic N) is 1. The van der Waals surface area contributed by atoms with Crippen molar-refractivity contribution in [2.24, 2.45) is 27.9 Å². The second-order valence-electron chi connectivity index (χ2n) is 5.70. The summed E-state index contributed by atoms with van der Waals surface area (Å²) in [6, 6.07) is -3.36. The number of nitrogens with two attached hydrogens (primary N) is 4. The van der Waals surface area contributed by atoms with Crippen molar-refractivity contribution in [1.29, 1.82) is 0 Å². The third-order valence-electron chi connectivity index (χ3n) is 3.41. The number of primary amides is 1. The summed E-state index contributed by atoms with van der Waals surface area (Å²) >= 11 is 3.89. The molecule has 0 aliphatic heterocycles. The van der Waals surface area contributed by atoms with Gasteiger partial charge in [0.15, 0.2) is 5.96 Å². The first-order valence-corrected chi connectivity index (χ1v) is 8.75. The van der Waals surface area contributed by atoms with Crippen LogP contribution in [0.2, 0.25) is 0 Å². The van der Waals surface area contributed by atoms with Gasteiger partial charge >= 0.3 is 5.97 Å². The molecule has 0 fully saturated rings. The lowest BCUT2D eigenvalue weighted by Gasteiger charge is -2.22. The number of aliphatic carboxylic acids is 1. The average Bonchev–Trinajstić information content (AvgIpc) is 2.59. The fourth-order valence-electron chi connectivity index (χ4n) is 1.95. The first-order chi connectivity index (χ1) is 12.6. The van der Waals surface area contributed by atoms with Crippen LogP contribution in [0.15, 0.2) is 4.99 Å². The molecule has 0 aromatic rings. The predicted octanol–water partition coefficient (Wildman–Crippen LogP) is -3.38. The molecule has 3 amide bonds. The predicted molar refractivity (Wildman–Crippen MR) is 102 cm³/mol. The van der Waals surface area contributed by atoms with Crippen molar-refractivity contribution in [2.75, 3.05) is 12.3 Å². The molecule has 0 saturated carbocycles. The molecule has 0 aliphatic carbocycles. The van der Waals surface area contributed by atoms with Crippen LogP contribution in [-0.4, -0.2) is 65.2 Å². The van der Waals surface area contributed by atoms with Gasteiger partial charge in [-0.2, -0.15) is 12.6 Å². The Balaban J connectivity index is 4.97. The van der Waals surface area contributed by atoms with Gasteiger partial charge in [0.1, 0.15) is 12.1 Å². The Bertz CT molecular complexity index is 568. The third-order valence-corrected chi connectivity index (χ3v) is 3.80. The molecule has 3 atom stereocenters. The van der Waals surface area contributed by atoms with Gasteiger partial charge in [0.25, 0.3) is 0 Å². The van der Waals surface area contributed by atoms with Crippen LogP contribution in [-0.2, 0) is 19.2 Å². The number of aliphatic imine (C=N–C) groups is 1. The molecule has 0 aromatic heterocycles. The smallest absolute Gasteiger partial charge is 0.326 e. The van der Waals surface area contributed by atoms with Crippen molar-refractivity contribution in [3.63, 3.8) is 0 Å². The van der Waals surface area contributed by atoms with Crippen molar-refractivity contribution in [3.05, 3.63) is 0 Å². The summed E-state index contributed by atoms with van der Waals surface area (Å²) in [4.78, 5) is 50.3. The van der Waals surface area contributed by atoms with Gasteiger partial charge in [0.2, 0.25) is 17.7 Å². The number of amides is 3. The van der Waals surface area contributed by atoms with Crippen LogP contribution >= 0.6 is 12.6 Å². The van der Waals surface area contributed by atoms with Gasteiger partial charge in [-0.1, -0.05) is 0 Å². The molecule has 0 saturated heterocycles. The Kier molecular flexibility index (Phi) is 11.6. The van der Waals surface area contributed by atoms with Crippen molar-refractivity contribution >= 4 is 42.3 Å². The molecule has 0 aromatic carbocycles. The van der Waals surface area contributed by atoms with Gasteiger partial charge < -0.3 is 38.7 Å². The van der Waals surface area contributed by atoms with Crippen LogP contribution in [0.1, 0.15) is 25.7 Å². The lowest BCUT2D eigenvalue weighted by Crippen LogP contribution is -2.55. The zero-order valence-corrected chi connectivity index (χ0v) is 15.7. The van der Waals surface area contributed by atoms with Gasteiger partial charge in [-0.3, -0.25) is 19.4 Å². The quantitative estimate of drug-likeness (QED) is 0.0665. The molecule has 27 heavy (non-hydrogen) atoms. The van der Waals surface area contributed by atoms with Crippen LogP contribution in [0, 0.1) is 0 Å². The maximum absolute atomic E-state index is 12.4.